The molecule has 0 aromatic carbocycles. The Morgan fingerprint density at radius 1 is 1.58 bits per heavy atom. The van der Waals surface area contributed by atoms with E-state index < -0.39 is 0 Å². The van der Waals surface area contributed by atoms with Gasteiger partial charge in [0.2, 0.25) is 0 Å². The number of hydrogen-bond acceptors (Lipinski definition) is 6. The maximum Gasteiger partial charge on any atom is 0.258 e. The highest BCUT2D eigenvalue weighted by molar-refractivity contribution is 7.99. The molecular weight excluding hydrogens is 280 g/mol. The first-order chi connectivity index (χ1) is 9.00. The van der Waals surface area contributed by atoms with Gasteiger partial charge in [-0.1, -0.05) is 0 Å². The summed E-state index contributed by atoms with van der Waals surface area (Å²) < 4.78 is 4.16. The van der Waals surface area contributed by atoms with Crippen LogP contribution in [0.25, 0.3) is 0 Å². The Bertz CT molecular complexity index is 461. The van der Waals surface area contributed by atoms with E-state index >= 15 is 0 Å². The van der Waals surface area contributed by atoms with Crippen molar-refractivity contribution in [3.8, 4) is 0 Å². The van der Waals surface area contributed by atoms with Gasteiger partial charge in [-0.3, -0.25) is 4.79 Å². The number of thioether (sulfide) groups is 1. The highest BCUT2D eigenvalue weighted by atomic mass is 32.2. The van der Waals surface area contributed by atoms with Crippen LogP contribution >= 0.6 is 23.3 Å². The zero-order chi connectivity index (χ0) is 14.0. The second kappa shape index (κ2) is 6.00. The number of hydrogen-bond donors (Lipinski definition) is 2. The molecule has 2 rings (SSSR count). The Balaban J connectivity index is 2.28. The smallest absolute Gasteiger partial charge is 0.258 e. The molecule has 3 N–H and O–H groups in total. The predicted molar refractivity (Wildman–Crippen MR) is 83.3 cm³/mol. The molecule has 0 bridgehead atoms. The minimum absolute atomic E-state index is 0.0917. The van der Waals surface area contributed by atoms with E-state index in [1.165, 1.54) is 11.5 Å². The van der Waals surface area contributed by atoms with Crippen LogP contribution in [-0.2, 0) is 0 Å². The zero-order valence-electron chi connectivity index (χ0n) is 11.5. The minimum atomic E-state index is -0.123. The van der Waals surface area contributed by atoms with Gasteiger partial charge in [-0.05, 0) is 32.3 Å². The Hall–Kier alpha value is -0.950. The first-order valence-corrected chi connectivity index (χ1v) is 8.34. The van der Waals surface area contributed by atoms with Gasteiger partial charge in [0.05, 0.1) is 0 Å². The summed E-state index contributed by atoms with van der Waals surface area (Å²) in [5.74, 6) is 2.36. The van der Waals surface area contributed by atoms with Crippen LogP contribution < -0.4 is 16.0 Å². The summed E-state index contributed by atoms with van der Waals surface area (Å²) in [6, 6.07) is 0.498. The molecular formula is C12H20N4OS2. The number of aromatic nitrogens is 1. The topological polar surface area (TPSA) is 71.2 Å². The van der Waals surface area contributed by atoms with E-state index in [0.29, 0.717) is 17.4 Å². The van der Waals surface area contributed by atoms with Crippen molar-refractivity contribution in [1.29, 1.82) is 0 Å². The highest BCUT2D eigenvalue weighted by Gasteiger charge is 2.28. The van der Waals surface area contributed by atoms with Gasteiger partial charge in [-0.2, -0.15) is 16.1 Å². The van der Waals surface area contributed by atoms with Gasteiger partial charge in [-0.15, -0.1) is 0 Å². The van der Waals surface area contributed by atoms with E-state index in [0.717, 1.165) is 23.1 Å². The molecule has 0 saturated carbocycles. The van der Waals surface area contributed by atoms with Gasteiger partial charge in [0.1, 0.15) is 10.6 Å². The van der Waals surface area contributed by atoms with Crippen LogP contribution in [0.1, 0.15) is 31.1 Å². The molecule has 1 aromatic rings. The third kappa shape index (κ3) is 3.14. The Morgan fingerprint density at radius 2 is 2.32 bits per heavy atom. The molecule has 0 spiro atoms. The Labute approximate surface area is 122 Å². The summed E-state index contributed by atoms with van der Waals surface area (Å²) in [4.78, 5) is 14.5. The van der Waals surface area contributed by atoms with E-state index in [4.69, 9.17) is 5.73 Å². The van der Waals surface area contributed by atoms with Crippen LogP contribution in [0.5, 0.6) is 0 Å². The molecule has 0 aliphatic carbocycles. The molecule has 1 aliphatic heterocycles. The van der Waals surface area contributed by atoms with E-state index in [1.807, 2.05) is 25.6 Å². The number of carbonyl (C=O) groups excluding carboxylic acids is 1. The van der Waals surface area contributed by atoms with Crippen LogP contribution in [-0.4, -0.2) is 40.4 Å². The lowest BCUT2D eigenvalue weighted by molar-refractivity contribution is 0.0944. The van der Waals surface area contributed by atoms with Crippen molar-refractivity contribution in [2.24, 2.45) is 0 Å². The van der Waals surface area contributed by atoms with Crippen molar-refractivity contribution < 1.29 is 4.79 Å². The summed E-state index contributed by atoms with van der Waals surface area (Å²) in [6.45, 7) is 6.99. The molecule has 5 nitrogen and oxygen atoms in total. The quantitative estimate of drug-likeness (QED) is 0.891. The molecule has 7 heteroatoms. The number of nitrogens with one attached hydrogen (secondary N) is 1. The lowest BCUT2D eigenvalue weighted by Crippen LogP contribution is -2.41. The third-order valence-corrected chi connectivity index (χ3v) is 5.06. The highest BCUT2D eigenvalue weighted by Crippen LogP contribution is 2.34. The molecule has 1 fully saturated rings. The minimum Gasteiger partial charge on any atom is -0.382 e. The van der Waals surface area contributed by atoms with E-state index in [-0.39, 0.29) is 11.9 Å². The average molecular weight is 300 g/mol. The Kier molecular flexibility index (Phi) is 4.57. The molecule has 1 unspecified atom stereocenters. The van der Waals surface area contributed by atoms with Crippen LogP contribution in [0.15, 0.2) is 0 Å². The first-order valence-electron chi connectivity index (χ1n) is 6.41. The Morgan fingerprint density at radius 3 is 2.95 bits per heavy atom. The fraction of sp³-hybridized carbons (Fsp3) is 0.667. The van der Waals surface area contributed by atoms with Gasteiger partial charge in [0, 0.05) is 30.1 Å². The zero-order valence-corrected chi connectivity index (χ0v) is 13.1. The molecule has 1 saturated heterocycles. The molecule has 1 aromatic heterocycles. The molecule has 106 valence electrons. The van der Waals surface area contributed by atoms with Gasteiger partial charge in [0.15, 0.2) is 5.82 Å². The molecule has 1 aliphatic rings. The maximum atomic E-state index is 12.3. The van der Waals surface area contributed by atoms with Crippen LogP contribution in [0.2, 0.25) is 0 Å². The summed E-state index contributed by atoms with van der Waals surface area (Å²) >= 11 is 3.27. The number of carbonyl (C=O) groups is 1. The normalized spacial score (nSPS) is 19.8. The van der Waals surface area contributed by atoms with Gasteiger partial charge >= 0.3 is 0 Å². The summed E-state index contributed by atoms with van der Waals surface area (Å²) in [7, 11) is 0. The first kappa shape index (κ1) is 14.5. The molecule has 19 heavy (non-hydrogen) atoms. The lowest BCUT2D eigenvalue weighted by atomic mass is 10.2. The number of nitrogens with two attached hydrogens (primary N) is 1. The summed E-state index contributed by atoms with van der Waals surface area (Å²) in [5.41, 5.74) is 6.42. The maximum absolute atomic E-state index is 12.3. The van der Waals surface area contributed by atoms with Crippen LogP contribution in [0.3, 0.4) is 0 Å². The van der Waals surface area contributed by atoms with Crippen LogP contribution in [0, 0.1) is 0 Å². The van der Waals surface area contributed by atoms with E-state index in [1.54, 1.807) is 0 Å². The van der Waals surface area contributed by atoms with Gasteiger partial charge in [0.25, 0.3) is 5.91 Å². The van der Waals surface area contributed by atoms with Crippen molar-refractivity contribution in [2.45, 2.75) is 32.9 Å². The second-order valence-electron chi connectivity index (χ2n) is 4.99. The number of amides is 1. The number of rotatable bonds is 3. The van der Waals surface area contributed by atoms with Crippen molar-refractivity contribution in [3.05, 3.63) is 5.56 Å². The van der Waals surface area contributed by atoms with Gasteiger partial charge in [-0.25, -0.2) is 0 Å². The van der Waals surface area contributed by atoms with Crippen molar-refractivity contribution in [1.82, 2.24) is 9.69 Å². The lowest BCUT2D eigenvalue weighted by Gasteiger charge is -2.34. The fourth-order valence-electron chi connectivity index (χ4n) is 2.07. The third-order valence-electron chi connectivity index (χ3n) is 2.98. The molecule has 1 atom stereocenters. The summed E-state index contributed by atoms with van der Waals surface area (Å²) in [6.07, 6.45) is 0. The molecule has 1 amide bonds. The standard InChI is InChI=1S/C12H20N4OS2/c1-7(2)14-11(17)9-10(13)15-19-12(9)16-4-5-18-6-8(16)3/h7-8H,4-6H2,1-3H3,(H2,13,15)(H,14,17). The average Bonchev–Trinajstić information content (AvgIpc) is 2.70. The SMILES string of the molecule is CC(C)NC(=O)c1c(N)nsc1N1CCSCC1C. The molecule has 0 radical (unpaired) electrons. The van der Waals surface area contributed by atoms with Crippen molar-refractivity contribution >= 4 is 40.0 Å². The fourth-order valence-corrected chi connectivity index (χ4v) is 4.02. The number of nitrogens with zero attached hydrogens (tertiary/aromatic N) is 2. The largest absolute Gasteiger partial charge is 0.382 e. The van der Waals surface area contributed by atoms with Crippen molar-refractivity contribution in [2.75, 3.05) is 28.7 Å². The van der Waals surface area contributed by atoms with E-state index in [2.05, 4.69) is 21.5 Å². The summed E-state index contributed by atoms with van der Waals surface area (Å²) in [5, 5.41) is 3.80. The predicted octanol–water partition coefficient (Wildman–Crippen LogP) is 1.81. The number of anilines is 2. The second-order valence-corrected chi connectivity index (χ2v) is 6.90. The van der Waals surface area contributed by atoms with E-state index in [9.17, 15) is 4.79 Å². The van der Waals surface area contributed by atoms with Gasteiger partial charge < -0.3 is 16.0 Å². The van der Waals surface area contributed by atoms with Crippen molar-refractivity contribution in [3.63, 3.8) is 0 Å². The van der Waals surface area contributed by atoms with Crippen LogP contribution in [0.4, 0.5) is 10.8 Å². The monoisotopic (exact) mass is 300 g/mol. The molecule has 2 heterocycles. The number of nitrogen functional groups attached to an aromatic ring is 1.